The van der Waals surface area contributed by atoms with Gasteiger partial charge in [0.05, 0.1) is 0 Å². The molecule has 1 aliphatic rings. The largest absolute Gasteiger partial charge is 0.338 e. The number of hydrogen-bond acceptors (Lipinski definition) is 3. The van der Waals surface area contributed by atoms with Crippen molar-refractivity contribution in [1.82, 2.24) is 19.8 Å². The predicted octanol–water partition coefficient (Wildman–Crippen LogP) is 1.67. The van der Waals surface area contributed by atoms with Crippen molar-refractivity contribution in [3.8, 4) is 0 Å². The fourth-order valence-corrected chi connectivity index (χ4v) is 2.63. The van der Waals surface area contributed by atoms with Gasteiger partial charge in [-0.25, -0.2) is 4.98 Å². The van der Waals surface area contributed by atoms with E-state index in [1.54, 1.807) is 0 Å². The summed E-state index contributed by atoms with van der Waals surface area (Å²) in [7, 11) is 2.07. The van der Waals surface area contributed by atoms with E-state index in [1.807, 2.05) is 12.4 Å². The smallest absolute Gasteiger partial charge is 0.109 e. The van der Waals surface area contributed by atoms with E-state index >= 15 is 0 Å². The first-order valence-corrected chi connectivity index (χ1v) is 7.37. The molecule has 2 rings (SSSR count). The molecule has 1 aliphatic heterocycles. The minimum Gasteiger partial charge on any atom is -0.338 e. The second kappa shape index (κ2) is 6.06. The number of nitrogens with one attached hydrogen (secondary N) is 1. The lowest BCUT2D eigenvalue weighted by molar-refractivity contribution is 0.312. The van der Waals surface area contributed by atoms with Gasteiger partial charge in [-0.05, 0) is 46.2 Å². The molecule has 1 N–H and O–H groups in total. The van der Waals surface area contributed by atoms with E-state index in [0.29, 0.717) is 0 Å². The van der Waals surface area contributed by atoms with Crippen molar-refractivity contribution < 1.29 is 0 Å². The number of nitrogens with zero attached hydrogens (tertiary/aromatic N) is 3. The van der Waals surface area contributed by atoms with Crippen molar-refractivity contribution in [2.45, 2.75) is 39.2 Å². The Balaban J connectivity index is 1.69. The zero-order valence-electron chi connectivity index (χ0n) is 12.8. The molecule has 0 amide bonds. The molecule has 1 atom stereocenters. The van der Waals surface area contributed by atoms with E-state index in [4.69, 9.17) is 0 Å². The van der Waals surface area contributed by atoms with Crippen molar-refractivity contribution in [2.75, 3.05) is 26.2 Å². The minimum atomic E-state index is 0.236. The molecule has 0 bridgehead atoms. The van der Waals surface area contributed by atoms with Crippen LogP contribution < -0.4 is 5.32 Å². The molecule has 1 saturated heterocycles. The van der Waals surface area contributed by atoms with Gasteiger partial charge >= 0.3 is 0 Å². The summed E-state index contributed by atoms with van der Waals surface area (Å²) < 4.78 is 2.12. The van der Waals surface area contributed by atoms with Crippen molar-refractivity contribution in [3.63, 3.8) is 0 Å². The normalized spacial score (nSPS) is 21.2. The number of imidazole rings is 1. The molecule has 4 heteroatoms. The third-order valence-electron chi connectivity index (χ3n) is 3.86. The van der Waals surface area contributed by atoms with Crippen LogP contribution in [0.25, 0.3) is 0 Å². The van der Waals surface area contributed by atoms with Gasteiger partial charge in [0, 0.05) is 44.5 Å². The lowest BCUT2D eigenvalue weighted by Crippen LogP contribution is -2.39. The van der Waals surface area contributed by atoms with Crippen LogP contribution in [-0.2, 0) is 13.5 Å². The van der Waals surface area contributed by atoms with Gasteiger partial charge in [0.15, 0.2) is 0 Å². The van der Waals surface area contributed by atoms with Crippen molar-refractivity contribution in [2.24, 2.45) is 13.0 Å². The van der Waals surface area contributed by atoms with Crippen LogP contribution >= 0.6 is 0 Å². The van der Waals surface area contributed by atoms with Gasteiger partial charge in [0.2, 0.25) is 0 Å². The molecule has 0 radical (unpaired) electrons. The number of hydrogen-bond donors (Lipinski definition) is 1. The topological polar surface area (TPSA) is 33.1 Å². The fourth-order valence-electron chi connectivity index (χ4n) is 2.63. The second-order valence-electron chi connectivity index (χ2n) is 6.79. The summed E-state index contributed by atoms with van der Waals surface area (Å²) >= 11 is 0. The molecule has 0 aromatic carbocycles. The summed E-state index contributed by atoms with van der Waals surface area (Å²) in [6.07, 6.45) is 6.29. The third kappa shape index (κ3) is 4.62. The summed E-state index contributed by atoms with van der Waals surface area (Å²) in [5, 5.41) is 3.62. The molecule has 0 aliphatic carbocycles. The first-order chi connectivity index (χ1) is 8.94. The average molecular weight is 264 g/mol. The zero-order chi connectivity index (χ0) is 13.9. The molecule has 0 spiro atoms. The molecule has 1 aromatic heterocycles. The van der Waals surface area contributed by atoms with Gasteiger partial charge in [-0.1, -0.05) is 0 Å². The monoisotopic (exact) mass is 264 g/mol. The van der Waals surface area contributed by atoms with E-state index in [9.17, 15) is 0 Å². The first kappa shape index (κ1) is 14.5. The van der Waals surface area contributed by atoms with Gasteiger partial charge in [-0.3, -0.25) is 0 Å². The van der Waals surface area contributed by atoms with Crippen molar-refractivity contribution >= 4 is 0 Å². The molecule has 19 heavy (non-hydrogen) atoms. The zero-order valence-corrected chi connectivity index (χ0v) is 12.8. The highest BCUT2D eigenvalue weighted by Crippen LogP contribution is 2.16. The van der Waals surface area contributed by atoms with Crippen LogP contribution in [-0.4, -0.2) is 46.2 Å². The van der Waals surface area contributed by atoms with Gasteiger partial charge in [0.1, 0.15) is 5.82 Å². The first-order valence-electron chi connectivity index (χ1n) is 7.37. The van der Waals surface area contributed by atoms with Crippen molar-refractivity contribution in [3.05, 3.63) is 18.2 Å². The van der Waals surface area contributed by atoms with E-state index in [1.165, 1.54) is 25.3 Å². The van der Waals surface area contributed by atoms with Crippen LogP contribution in [0, 0.1) is 5.92 Å². The fraction of sp³-hybridized carbons (Fsp3) is 0.800. The Kier molecular flexibility index (Phi) is 4.63. The molecule has 1 fully saturated rings. The average Bonchev–Trinajstić information content (AvgIpc) is 2.92. The Morgan fingerprint density at radius 3 is 2.84 bits per heavy atom. The third-order valence-corrected chi connectivity index (χ3v) is 3.86. The van der Waals surface area contributed by atoms with Crippen LogP contribution in [0.1, 0.15) is 33.0 Å². The highest BCUT2D eigenvalue weighted by Gasteiger charge is 2.23. The maximum absolute atomic E-state index is 4.39. The predicted molar refractivity (Wildman–Crippen MR) is 79.2 cm³/mol. The molecule has 1 aromatic rings. The van der Waals surface area contributed by atoms with Gasteiger partial charge < -0.3 is 14.8 Å². The van der Waals surface area contributed by atoms with E-state index < -0.39 is 0 Å². The summed E-state index contributed by atoms with van der Waals surface area (Å²) in [4.78, 5) is 6.96. The quantitative estimate of drug-likeness (QED) is 0.878. The summed E-state index contributed by atoms with van der Waals surface area (Å²) in [6, 6.07) is 0. The Hall–Kier alpha value is -0.870. The van der Waals surface area contributed by atoms with Gasteiger partial charge in [-0.2, -0.15) is 0 Å². The molecule has 0 saturated carbocycles. The SMILES string of the molecule is Cn1ccnc1CCN1CCC(CNC(C)(C)C)C1. The van der Waals surface area contributed by atoms with Crippen LogP contribution in [0.5, 0.6) is 0 Å². The van der Waals surface area contributed by atoms with Gasteiger partial charge in [-0.15, -0.1) is 0 Å². The van der Waals surface area contributed by atoms with Crippen LogP contribution in [0.2, 0.25) is 0 Å². The molecule has 1 unspecified atom stereocenters. The Bertz CT molecular complexity index is 391. The molecular formula is C15H28N4. The Morgan fingerprint density at radius 2 is 2.21 bits per heavy atom. The summed E-state index contributed by atoms with van der Waals surface area (Å²) in [5.41, 5.74) is 0.236. The minimum absolute atomic E-state index is 0.236. The lowest BCUT2D eigenvalue weighted by atomic mass is 10.1. The van der Waals surface area contributed by atoms with Crippen molar-refractivity contribution in [1.29, 1.82) is 0 Å². The summed E-state index contributed by atoms with van der Waals surface area (Å²) in [5.74, 6) is 2.00. The van der Waals surface area contributed by atoms with Crippen LogP contribution in [0.3, 0.4) is 0 Å². The van der Waals surface area contributed by atoms with Gasteiger partial charge in [0.25, 0.3) is 0 Å². The Labute approximate surface area is 117 Å². The maximum atomic E-state index is 4.39. The lowest BCUT2D eigenvalue weighted by Gasteiger charge is -2.23. The van der Waals surface area contributed by atoms with E-state index in [2.05, 4.69) is 47.6 Å². The molecule has 4 nitrogen and oxygen atoms in total. The van der Waals surface area contributed by atoms with E-state index in [-0.39, 0.29) is 5.54 Å². The molecule has 2 heterocycles. The molecular weight excluding hydrogens is 236 g/mol. The standard InChI is InChI=1S/C15H28N4/c1-15(2,3)17-11-13-5-8-19(12-13)9-6-14-16-7-10-18(14)4/h7,10,13,17H,5-6,8-9,11-12H2,1-4H3. The van der Waals surface area contributed by atoms with E-state index in [0.717, 1.165) is 25.4 Å². The number of rotatable bonds is 5. The molecule has 108 valence electrons. The highest BCUT2D eigenvalue weighted by molar-refractivity contribution is 4.92. The highest BCUT2D eigenvalue weighted by atomic mass is 15.2. The maximum Gasteiger partial charge on any atom is 0.109 e. The summed E-state index contributed by atoms with van der Waals surface area (Å²) in [6.45, 7) is 11.5. The Morgan fingerprint density at radius 1 is 1.42 bits per heavy atom. The number of likely N-dealkylation sites (tertiary alicyclic amines) is 1. The second-order valence-corrected chi connectivity index (χ2v) is 6.79. The van der Waals surface area contributed by atoms with Crippen LogP contribution in [0.4, 0.5) is 0 Å². The number of aromatic nitrogens is 2. The number of aryl methyl sites for hydroxylation is 1. The van der Waals surface area contributed by atoms with Crippen LogP contribution in [0.15, 0.2) is 12.4 Å².